The van der Waals surface area contributed by atoms with Crippen molar-refractivity contribution in [3.8, 4) is 23.0 Å². The highest BCUT2D eigenvalue weighted by atomic mass is 19.1. The number of benzene rings is 3. The fourth-order valence-electron chi connectivity index (χ4n) is 3.32. The first-order chi connectivity index (χ1) is 16.5. The average Bonchev–Trinajstić information content (AvgIpc) is 2.84. The van der Waals surface area contributed by atoms with Crippen molar-refractivity contribution in [2.75, 3.05) is 12.4 Å². The molecular weight excluding hydrogens is 441 g/mol. The lowest BCUT2D eigenvalue weighted by molar-refractivity contribution is 0.0997. The number of ether oxygens (including phenoxy) is 3. The van der Waals surface area contributed by atoms with Gasteiger partial charge in [-0.3, -0.25) is 15.1 Å². The zero-order chi connectivity index (χ0) is 24.1. The van der Waals surface area contributed by atoms with E-state index in [0.717, 1.165) is 0 Å². The summed E-state index contributed by atoms with van der Waals surface area (Å²) in [6.45, 7) is -0.849. The average molecular weight is 461 g/mol. The van der Waals surface area contributed by atoms with Crippen LogP contribution in [0.25, 0.3) is 10.9 Å². The first-order valence-corrected chi connectivity index (χ1v) is 10.2. The Morgan fingerprint density at radius 1 is 1.00 bits per heavy atom. The molecular formula is C25H20FN3O5. The molecule has 4 rings (SSSR count). The summed E-state index contributed by atoms with van der Waals surface area (Å²) in [6.07, 6.45) is 0.787. The summed E-state index contributed by atoms with van der Waals surface area (Å²) >= 11 is 0. The number of carbonyl (C=O) groups is 2. The molecule has 0 aliphatic carbocycles. The molecule has 8 nitrogen and oxygen atoms in total. The molecule has 0 radical (unpaired) electrons. The van der Waals surface area contributed by atoms with E-state index in [1.807, 2.05) is 0 Å². The Kier molecular flexibility index (Phi) is 6.54. The number of rotatable bonds is 7. The number of pyridine rings is 1. The maximum absolute atomic E-state index is 13.7. The third-order valence-electron chi connectivity index (χ3n) is 4.93. The van der Waals surface area contributed by atoms with Crippen LogP contribution in [0.4, 0.5) is 14.9 Å². The van der Waals surface area contributed by atoms with Crippen LogP contribution in [0.3, 0.4) is 0 Å². The van der Waals surface area contributed by atoms with Gasteiger partial charge in [0.15, 0.2) is 0 Å². The number of para-hydroxylation sites is 1. The van der Waals surface area contributed by atoms with Gasteiger partial charge >= 0.3 is 6.09 Å². The SMILES string of the molecule is COc1cc2nccc(Oc3ccc(NC(=O)Oc4ccccc4)c(CF)c3)c2cc1C(N)=O. The molecule has 9 heteroatoms. The number of anilines is 1. The molecule has 0 saturated heterocycles. The van der Waals surface area contributed by atoms with Crippen LogP contribution in [0.1, 0.15) is 15.9 Å². The van der Waals surface area contributed by atoms with Crippen molar-refractivity contribution in [1.29, 1.82) is 0 Å². The van der Waals surface area contributed by atoms with Gasteiger partial charge in [-0.15, -0.1) is 0 Å². The number of alkyl halides is 1. The molecule has 3 aromatic carbocycles. The van der Waals surface area contributed by atoms with Crippen LogP contribution in [0.5, 0.6) is 23.0 Å². The number of halogens is 1. The van der Waals surface area contributed by atoms with Crippen LogP contribution < -0.4 is 25.3 Å². The number of hydrogen-bond acceptors (Lipinski definition) is 6. The van der Waals surface area contributed by atoms with Crippen molar-refractivity contribution >= 4 is 28.6 Å². The Labute approximate surface area is 194 Å². The third kappa shape index (κ3) is 4.88. The maximum Gasteiger partial charge on any atom is 0.417 e. The molecule has 0 unspecified atom stereocenters. The van der Waals surface area contributed by atoms with Crippen molar-refractivity contribution < 1.29 is 28.2 Å². The highest BCUT2D eigenvalue weighted by Gasteiger charge is 2.15. The topological polar surface area (TPSA) is 113 Å². The predicted octanol–water partition coefficient (Wildman–Crippen LogP) is 5.22. The quantitative estimate of drug-likeness (QED) is 0.390. The summed E-state index contributed by atoms with van der Waals surface area (Å²) < 4.78 is 30.1. The maximum atomic E-state index is 13.7. The normalized spacial score (nSPS) is 10.5. The number of nitrogens with one attached hydrogen (secondary N) is 1. The number of methoxy groups -OCH3 is 1. The molecule has 4 aromatic rings. The predicted molar refractivity (Wildman–Crippen MR) is 124 cm³/mol. The Hall–Kier alpha value is -4.66. The van der Waals surface area contributed by atoms with Gasteiger partial charge in [0.05, 0.1) is 23.9 Å². The van der Waals surface area contributed by atoms with E-state index < -0.39 is 18.7 Å². The van der Waals surface area contributed by atoms with Gasteiger partial charge in [-0.25, -0.2) is 9.18 Å². The van der Waals surface area contributed by atoms with Crippen LogP contribution in [-0.2, 0) is 6.67 Å². The molecule has 0 aliphatic rings. The van der Waals surface area contributed by atoms with Gasteiger partial charge in [0.2, 0.25) is 0 Å². The molecule has 0 saturated carbocycles. The molecule has 1 heterocycles. The highest BCUT2D eigenvalue weighted by molar-refractivity contribution is 6.01. The fourth-order valence-corrected chi connectivity index (χ4v) is 3.32. The monoisotopic (exact) mass is 461 g/mol. The number of nitrogens with two attached hydrogens (primary N) is 1. The molecule has 34 heavy (non-hydrogen) atoms. The number of carbonyl (C=O) groups excluding carboxylic acids is 2. The van der Waals surface area contributed by atoms with Crippen molar-refractivity contribution in [2.45, 2.75) is 6.67 Å². The lowest BCUT2D eigenvalue weighted by Crippen LogP contribution is -2.17. The van der Waals surface area contributed by atoms with Crippen LogP contribution >= 0.6 is 0 Å². The van der Waals surface area contributed by atoms with E-state index in [9.17, 15) is 14.0 Å². The van der Waals surface area contributed by atoms with E-state index in [1.165, 1.54) is 31.5 Å². The molecule has 0 atom stereocenters. The minimum absolute atomic E-state index is 0.175. The van der Waals surface area contributed by atoms with Gasteiger partial charge in [0.1, 0.15) is 29.7 Å². The first kappa shape index (κ1) is 22.5. The van der Waals surface area contributed by atoms with E-state index >= 15 is 0 Å². The molecule has 1 aromatic heterocycles. The fraction of sp³-hybridized carbons (Fsp3) is 0.0800. The minimum atomic E-state index is -0.849. The lowest BCUT2D eigenvalue weighted by atomic mass is 10.1. The second-order valence-electron chi connectivity index (χ2n) is 7.13. The number of primary amides is 1. The van der Waals surface area contributed by atoms with E-state index in [2.05, 4.69) is 10.3 Å². The largest absolute Gasteiger partial charge is 0.496 e. The summed E-state index contributed by atoms with van der Waals surface area (Å²) in [7, 11) is 1.43. The van der Waals surface area contributed by atoms with Gasteiger partial charge in [-0.2, -0.15) is 0 Å². The van der Waals surface area contributed by atoms with Gasteiger partial charge in [0, 0.05) is 23.2 Å². The number of aromatic nitrogens is 1. The standard InChI is InChI=1S/C25H20FN3O5/c1-32-23-13-21-18(12-19(23)24(27)30)22(9-10-28-21)33-17-7-8-20(15(11-17)14-26)29-25(31)34-16-5-3-2-4-6-16/h2-13H,14H2,1H3,(H2,27,30)(H,29,31). The Balaban J connectivity index is 1.59. The Morgan fingerprint density at radius 2 is 1.79 bits per heavy atom. The van der Waals surface area contributed by atoms with Crippen LogP contribution in [-0.4, -0.2) is 24.1 Å². The molecule has 0 aliphatic heterocycles. The molecule has 2 amide bonds. The van der Waals surface area contributed by atoms with Crippen LogP contribution in [0.2, 0.25) is 0 Å². The van der Waals surface area contributed by atoms with E-state index in [4.69, 9.17) is 19.9 Å². The molecule has 0 bridgehead atoms. The van der Waals surface area contributed by atoms with E-state index in [-0.39, 0.29) is 16.8 Å². The zero-order valence-corrected chi connectivity index (χ0v) is 18.1. The van der Waals surface area contributed by atoms with Crippen LogP contribution in [0.15, 0.2) is 72.9 Å². The number of hydrogen-bond donors (Lipinski definition) is 2. The van der Waals surface area contributed by atoms with E-state index in [0.29, 0.717) is 33.9 Å². The van der Waals surface area contributed by atoms with Crippen molar-refractivity contribution in [3.05, 3.63) is 84.1 Å². The second kappa shape index (κ2) is 9.86. The third-order valence-corrected chi connectivity index (χ3v) is 4.93. The smallest absolute Gasteiger partial charge is 0.417 e. The van der Waals surface area contributed by atoms with Crippen molar-refractivity contribution in [3.63, 3.8) is 0 Å². The van der Waals surface area contributed by atoms with Gasteiger partial charge in [-0.05, 0) is 42.5 Å². The minimum Gasteiger partial charge on any atom is -0.496 e. The summed E-state index contributed by atoms with van der Waals surface area (Å²) in [5, 5.41) is 3.05. The molecule has 172 valence electrons. The van der Waals surface area contributed by atoms with Gasteiger partial charge < -0.3 is 19.9 Å². The summed E-state index contributed by atoms with van der Waals surface area (Å²) in [5.74, 6) is 0.689. The van der Waals surface area contributed by atoms with Gasteiger partial charge in [-0.1, -0.05) is 18.2 Å². The second-order valence-corrected chi connectivity index (χ2v) is 7.13. The summed E-state index contributed by atoms with van der Waals surface area (Å²) in [5.41, 5.74) is 6.60. The van der Waals surface area contributed by atoms with Crippen LogP contribution in [0, 0.1) is 0 Å². The Morgan fingerprint density at radius 3 is 2.50 bits per heavy atom. The van der Waals surface area contributed by atoms with Gasteiger partial charge in [0.25, 0.3) is 5.91 Å². The summed E-state index contributed by atoms with van der Waals surface area (Å²) in [4.78, 5) is 28.3. The number of fused-ring (bicyclic) bond motifs is 1. The molecule has 0 fully saturated rings. The number of amides is 2. The zero-order valence-electron chi connectivity index (χ0n) is 18.1. The van der Waals surface area contributed by atoms with Crippen molar-refractivity contribution in [1.82, 2.24) is 4.98 Å². The molecule has 3 N–H and O–H groups in total. The Bertz CT molecular complexity index is 1360. The highest BCUT2D eigenvalue weighted by Crippen LogP contribution is 2.34. The molecule has 0 spiro atoms. The first-order valence-electron chi connectivity index (χ1n) is 10.2. The van der Waals surface area contributed by atoms with Crippen molar-refractivity contribution in [2.24, 2.45) is 5.73 Å². The number of nitrogens with zero attached hydrogens (tertiary/aromatic N) is 1. The van der Waals surface area contributed by atoms with E-state index in [1.54, 1.807) is 48.5 Å². The summed E-state index contributed by atoms with van der Waals surface area (Å²) in [6, 6.07) is 17.8. The lowest BCUT2D eigenvalue weighted by Gasteiger charge is -2.14.